The SMILES string of the molecule is CN(Cc1ccc(N(C)C)cc1)C(=O)c1cc(-c2ccco2)nn1-c1ccccc1. The predicted octanol–water partition coefficient (Wildman–Crippen LogP) is 4.47. The summed E-state index contributed by atoms with van der Waals surface area (Å²) in [5.41, 5.74) is 4.12. The Bertz CT molecular complexity index is 1110. The van der Waals surface area contributed by atoms with Gasteiger partial charge in [0, 0.05) is 39.4 Å². The summed E-state index contributed by atoms with van der Waals surface area (Å²) < 4.78 is 7.16. The van der Waals surface area contributed by atoms with Crippen LogP contribution in [-0.2, 0) is 6.54 Å². The summed E-state index contributed by atoms with van der Waals surface area (Å²) in [4.78, 5) is 17.1. The molecule has 2 aromatic carbocycles. The first-order valence-electron chi connectivity index (χ1n) is 9.74. The molecule has 0 saturated heterocycles. The molecule has 4 aromatic rings. The van der Waals surface area contributed by atoms with Crippen LogP contribution in [0.15, 0.2) is 83.5 Å². The molecule has 0 bridgehead atoms. The maximum Gasteiger partial charge on any atom is 0.272 e. The molecule has 2 heterocycles. The average Bonchev–Trinajstić information content (AvgIpc) is 3.44. The molecular formula is C24H24N4O2. The van der Waals surface area contributed by atoms with E-state index in [-0.39, 0.29) is 5.91 Å². The maximum atomic E-state index is 13.3. The van der Waals surface area contributed by atoms with Gasteiger partial charge in [0.25, 0.3) is 5.91 Å². The van der Waals surface area contributed by atoms with Gasteiger partial charge in [-0.1, -0.05) is 30.3 Å². The highest BCUT2D eigenvalue weighted by Crippen LogP contribution is 2.23. The van der Waals surface area contributed by atoms with Crippen molar-refractivity contribution in [2.24, 2.45) is 0 Å². The van der Waals surface area contributed by atoms with Crippen molar-refractivity contribution in [1.82, 2.24) is 14.7 Å². The molecule has 30 heavy (non-hydrogen) atoms. The number of amides is 1. The number of rotatable bonds is 6. The van der Waals surface area contributed by atoms with Crippen LogP contribution < -0.4 is 4.90 Å². The van der Waals surface area contributed by atoms with Crippen molar-refractivity contribution in [2.45, 2.75) is 6.54 Å². The average molecular weight is 400 g/mol. The number of furan rings is 1. The lowest BCUT2D eigenvalue weighted by molar-refractivity contribution is 0.0776. The Morgan fingerprint density at radius 2 is 1.70 bits per heavy atom. The van der Waals surface area contributed by atoms with Gasteiger partial charge in [0.2, 0.25) is 0 Å². The van der Waals surface area contributed by atoms with E-state index in [0.717, 1.165) is 16.9 Å². The van der Waals surface area contributed by atoms with E-state index in [1.54, 1.807) is 29.0 Å². The Labute approximate surface area is 176 Å². The first-order chi connectivity index (χ1) is 14.5. The molecule has 0 N–H and O–H groups in total. The lowest BCUT2D eigenvalue weighted by atomic mass is 10.2. The molecule has 0 aliphatic rings. The number of carbonyl (C=O) groups excluding carboxylic acids is 1. The van der Waals surface area contributed by atoms with E-state index in [1.165, 1.54) is 0 Å². The summed E-state index contributed by atoms with van der Waals surface area (Å²) in [6.07, 6.45) is 1.60. The molecule has 0 radical (unpaired) electrons. The van der Waals surface area contributed by atoms with Gasteiger partial charge >= 0.3 is 0 Å². The lowest BCUT2D eigenvalue weighted by Gasteiger charge is -2.19. The van der Waals surface area contributed by atoms with Crippen molar-refractivity contribution in [3.63, 3.8) is 0 Å². The summed E-state index contributed by atoms with van der Waals surface area (Å²) in [6, 6.07) is 23.2. The first-order valence-corrected chi connectivity index (χ1v) is 9.74. The van der Waals surface area contributed by atoms with Crippen molar-refractivity contribution in [3.05, 3.63) is 90.3 Å². The van der Waals surface area contributed by atoms with Crippen LogP contribution in [0.1, 0.15) is 16.1 Å². The highest BCUT2D eigenvalue weighted by molar-refractivity contribution is 5.94. The molecular weight excluding hydrogens is 376 g/mol. The fraction of sp³-hybridized carbons (Fsp3) is 0.167. The Morgan fingerprint density at radius 3 is 2.33 bits per heavy atom. The van der Waals surface area contributed by atoms with E-state index in [4.69, 9.17) is 4.42 Å². The van der Waals surface area contributed by atoms with E-state index in [9.17, 15) is 4.79 Å². The molecule has 152 valence electrons. The number of carbonyl (C=O) groups is 1. The van der Waals surface area contributed by atoms with Crippen molar-refractivity contribution in [2.75, 3.05) is 26.0 Å². The standard InChI is InChI=1S/C24H24N4O2/c1-26(2)19-13-11-18(12-14-19)17-27(3)24(29)22-16-21(23-10-7-15-30-23)25-28(22)20-8-5-4-6-9-20/h4-16H,17H2,1-3H3. The van der Waals surface area contributed by atoms with Gasteiger partial charge in [-0.2, -0.15) is 5.10 Å². The number of aromatic nitrogens is 2. The highest BCUT2D eigenvalue weighted by atomic mass is 16.3. The third-order valence-electron chi connectivity index (χ3n) is 4.92. The van der Waals surface area contributed by atoms with Gasteiger partial charge in [-0.15, -0.1) is 0 Å². The molecule has 1 amide bonds. The number of benzene rings is 2. The van der Waals surface area contributed by atoms with Crippen LogP contribution in [0.5, 0.6) is 0 Å². The third kappa shape index (κ3) is 3.98. The molecule has 6 heteroatoms. The van der Waals surface area contributed by atoms with Crippen LogP contribution in [-0.4, -0.2) is 41.7 Å². The summed E-state index contributed by atoms with van der Waals surface area (Å²) in [5, 5.41) is 4.63. The van der Waals surface area contributed by atoms with Gasteiger partial charge in [-0.3, -0.25) is 4.79 Å². The number of hydrogen-bond donors (Lipinski definition) is 0. The zero-order valence-corrected chi connectivity index (χ0v) is 17.3. The molecule has 6 nitrogen and oxygen atoms in total. The summed E-state index contributed by atoms with van der Waals surface area (Å²) >= 11 is 0. The van der Waals surface area contributed by atoms with Crippen LogP contribution in [0.2, 0.25) is 0 Å². The normalized spacial score (nSPS) is 10.8. The van der Waals surface area contributed by atoms with Crippen LogP contribution in [0, 0.1) is 0 Å². The Kier molecular flexibility index (Phi) is 5.39. The van der Waals surface area contributed by atoms with Crippen LogP contribution in [0.4, 0.5) is 5.69 Å². The Hall–Kier alpha value is -3.80. The topological polar surface area (TPSA) is 54.5 Å². The fourth-order valence-corrected chi connectivity index (χ4v) is 3.28. The monoisotopic (exact) mass is 400 g/mol. The van der Waals surface area contributed by atoms with Crippen molar-refractivity contribution >= 4 is 11.6 Å². The summed E-state index contributed by atoms with van der Waals surface area (Å²) in [6.45, 7) is 0.503. The molecule has 0 saturated carbocycles. The molecule has 2 aromatic heterocycles. The van der Waals surface area contributed by atoms with Gasteiger partial charge in [-0.25, -0.2) is 4.68 Å². The van der Waals surface area contributed by atoms with Crippen molar-refractivity contribution in [1.29, 1.82) is 0 Å². The lowest BCUT2D eigenvalue weighted by Crippen LogP contribution is -2.28. The Balaban J connectivity index is 1.63. The summed E-state index contributed by atoms with van der Waals surface area (Å²) in [7, 11) is 5.81. The predicted molar refractivity (Wildman–Crippen MR) is 118 cm³/mol. The number of nitrogens with zero attached hydrogens (tertiary/aromatic N) is 4. The number of hydrogen-bond acceptors (Lipinski definition) is 4. The molecule has 0 aliphatic carbocycles. The van der Waals surface area contributed by atoms with Gasteiger partial charge in [0.1, 0.15) is 11.4 Å². The van der Waals surface area contributed by atoms with Crippen LogP contribution in [0.25, 0.3) is 17.1 Å². The second kappa shape index (κ2) is 8.29. The van der Waals surface area contributed by atoms with Gasteiger partial charge < -0.3 is 14.2 Å². The first kappa shape index (κ1) is 19.5. The fourth-order valence-electron chi connectivity index (χ4n) is 3.28. The largest absolute Gasteiger partial charge is 0.463 e. The third-order valence-corrected chi connectivity index (χ3v) is 4.92. The molecule has 0 fully saturated rings. The van der Waals surface area contributed by atoms with E-state index >= 15 is 0 Å². The molecule has 0 atom stereocenters. The minimum atomic E-state index is -0.110. The number of para-hydroxylation sites is 1. The van der Waals surface area contributed by atoms with E-state index in [2.05, 4.69) is 17.2 Å². The zero-order chi connectivity index (χ0) is 21.1. The van der Waals surface area contributed by atoms with E-state index in [0.29, 0.717) is 23.7 Å². The van der Waals surface area contributed by atoms with Crippen LogP contribution in [0.3, 0.4) is 0 Å². The van der Waals surface area contributed by atoms with Crippen molar-refractivity contribution < 1.29 is 9.21 Å². The molecule has 4 rings (SSSR count). The second-order valence-corrected chi connectivity index (χ2v) is 7.36. The van der Waals surface area contributed by atoms with Gasteiger partial charge in [0.15, 0.2) is 5.76 Å². The quantitative estimate of drug-likeness (QED) is 0.479. The maximum absolute atomic E-state index is 13.3. The Morgan fingerprint density at radius 1 is 0.967 bits per heavy atom. The van der Waals surface area contributed by atoms with Gasteiger partial charge in [0.05, 0.1) is 12.0 Å². The highest BCUT2D eigenvalue weighted by Gasteiger charge is 2.21. The minimum absolute atomic E-state index is 0.110. The number of anilines is 1. The minimum Gasteiger partial charge on any atom is -0.463 e. The van der Waals surface area contributed by atoms with Gasteiger partial charge in [-0.05, 0) is 42.0 Å². The molecule has 0 spiro atoms. The second-order valence-electron chi connectivity index (χ2n) is 7.36. The van der Waals surface area contributed by atoms with Crippen molar-refractivity contribution in [3.8, 4) is 17.1 Å². The smallest absolute Gasteiger partial charge is 0.272 e. The van der Waals surface area contributed by atoms with Crippen LogP contribution >= 0.6 is 0 Å². The zero-order valence-electron chi connectivity index (χ0n) is 17.3. The molecule has 0 unspecified atom stereocenters. The molecule has 0 aliphatic heterocycles. The van der Waals surface area contributed by atoms with E-state index in [1.807, 2.05) is 73.6 Å². The summed E-state index contributed by atoms with van der Waals surface area (Å²) in [5.74, 6) is 0.515. The van der Waals surface area contributed by atoms with E-state index < -0.39 is 0 Å².